The van der Waals surface area contributed by atoms with Crippen molar-refractivity contribution in [3.05, 3.63) is 98.6 Å². The van der Waals surface area contributed by atoms with Crippen LogP contribution in [0.1, 0.15) is 31.8 Å². The molecule has 1 aromatic heterocycles. The molecule has 1 heterocycles. The standard InChI is InChI=1S/C27H26F2N6O4/c1-33(2)8-9-34(3)27(37)18-5-6-21(24(14-18)35(38)39)26(36)30-25-22-13-16(4-7-23(22)31-32-25)10-17-11-19(28)15-20(29)12-17/h4-7,11-15H,8-10H2,1-3H3,(H2,30,31,32,36). The van der Waals surface area contributed by atoms with Crippen LogP contribution in [0.5, 0.6) is 0 Å². The Balaban J connectivity index is 1.57. The lowest BCUT2D eigenvalue weighted by molar-refractivity contribution is -0.385. The summed E-state index contributed by atoms with van der Waals surface area (Å²) in [6.45, 7) is 1.04. The average molecular weight is 537 g/mol. The van der Waals surface area contributed by atoms with E-state index in [2.05, 4.69) is 15.5 Å². The van der Waals surface area contributed by atoms with Gasteiger partial charge in [0, 0.05) is 43.2 Å². The molecule has 0 aliphatic rings. The number of rotatable bonds is 9. The number of nitro benzene ring substituents is 1. The highest BCUT2D eigenvalue weighted by Gasteiger charge is 2.25. The molecule has 12 heteroatoms. The maximum atomic E-state index is 13.6. The Kier molecular flexibility index (Phi) is 7.96. The third kappa shape index (κ3) is 6.41. The summed E-state index contributed by atoms with van der Waals surface area (Å²) in [7, 11) is 5.33. The van der Waals surface area contributed by atoms with Crippen molar-refractivity contribution in [2.75, 3.05) is 39.5 Å². The topological polar surface area (TPSA) is 124 Å². The second kappa shape index (κ2) is 11.4. The van der Waals surface area contributed by atoms with Crippen LogP contribution in [0.15, 0.2) is 54.6 Å². The van der Waals surface area contributed by atoms with Gasteiger partial charge >= 0.3 is 0 Å². The van der Waals surface area contributed by atoms with Crippen LogP contribution in [0.25, 0.3) is 10.9 Å². The molecular formula is C27H26F2N6O4. The van der Waals surface area contributed by atoms with Gasteiger partial charge in [-0.1, -0.05) is 6.07 Å². The molecule has 4 aromatic rings. The van der Waals surface area contributed by atoms with Crippen molar-refractivity contribution in [1.82, 2.24) is 20.0 Å². The summed E-state index contributed by atoms with van der Waals surface area (Å²) in [6.07, 6.45) is 0.229. The van der Waals surface area contributed by atoms with Crippen molar-refractivity contribution in [1.29, 1.82) is 0 Å². The van der Waals surface area contributed by atoms with E-state index >= 15 is 0 Å². The van der Waals surface area contributed by atoms with Gasteiger partial charge < -0.3 is 15.1 Å². The van der Waals surface area contributed by atoms with Gasteiger partial charge in [-0.2, -0.15) is 5.10 Å². The number of hydrogen-bond donors (Lipinski definition) is 2. The van der Waals surface area contributed by atoms with Crippen molar-refractivity contribution < 1.29 is 23.3 Å². The zero-order chi connectivity index (χ0) is 28.3. The molecule has 0 bridgehead atoms. The summed E-state index contributed by atoms with van der Waals surface area (Å²) in [5, 5.41) is 21.8. The van der Waals surface area contributed by atoms with Crippen molar-refractivity contribution >= 4 is 34.2 Å². The van der Waals surface area contributed by atoms with Crippen molar-refractivity contribution in [2.45, 2.75) is 6.42 Å². The summed E-state index contributed by atoms with van der Waals surface area (Å²) in [5.74, 6) is -2.43. The number of anilines is 1. The van der Waals surface area contributed by atoms with E-state index in [1.54, 1.807) is 25.2 Å². The normalized spacial score (nSPS) is 11.1. The summed E-state index contributed by atoms with van der Waals surface area (Å²) in [6, 6.07) is 12.1. The van der Waals surface area contributed by atoms with E-state index < -0.39 is 34.1 Å². The van der Waals surface area contributed by atoms with Crippen LogP contribution in [0, 0.1) is 21.7 Å². The van der Waals surface area contributed by atoms with Gasteiger partial charge in [-0.25, -0.2) is 8.78 Å². The molecule has 0 unspecified atom stereocenters. The van der Waals surface area contributed by atoms with E-state index in [0.717, 1.165) is 12.1 Å². The van der Waals surface area contributed by atoms with Crippen LogP contribution in [0.4, 0.5) is 20.3 Å². The number of aromatic nitrogens is 2. The molecule has 0 aliphatic heterocycles. The molecule has 0 radical (unpaired) electrons. The van der Waals surface area contributed by atoms with Gasteiger partial charge in [0.2, 0.25) is 0 Å². The van der Waals surface area contributed by atoms with E-state index in [-0.39, 0.29) is 23.4 Å². The molecule has 0 saturated carbocycles. The van der Waals surface area contributed by atoms with Gasteiger partial charge in [-0.3, -0.25) is 24.8 Å². The molecule has 3 aromatic carbocycles. The van der Waals surface area contributed by atoms with Crippen molar-refractivity contribution in [3.63, 3.8) is 0 Å². The summed E-state index contributed by atoms with van der Waals surface area (Å²) >= 11 is 0. The number of likely N-dealkylation sites (N-methyl/N-ethyl adjacent to an activating group) is 2. The Morgan fingerprint density at radius 2 is 1.69 bits per heavy atom. The summed E-state index contributed by atoms with van der Waals surface area (Å²) in [5.41, 5.74) is 1.04. The molecule has 2 N–H and O–H groups in total. The molecule has 0 spiro atoms. The minimum atomic E-state index is -0.785. The largest absolute Gasteiger partial charge is 0.340 e. The van der Waals surface area contributed by atoms with E-state index in [4.69, 9.17) is 0 Å². The minimum absolute atomic E-state index is 0.0863. The maximum Gasteiger partial charge on any atom is 0.282 e. The smallest absolute Gasteiger partial charge is 0.282 e. The molecular weight excluding hydrogens is 510 g/mol. The molecule has 202 valence electrons. The van der Waals surface area contributed by atoms with Crippen LogP contribution in [-0.2, 0) is 6.42 Å². The van der Waals surface area contributed by atoms with Crippen LogP contribution >= 0.6 is 0 Å². The van der Waals surface area contributed by atoms with Gasteiger partial charge in [0.15, 0.2) is 5.82 Å². The number of H-pyrrole nitrogens is 1. The SMILES string of the molecule is CN(C)CCN(C)C(=O)c1ccc(C(=O)Nc2n[nH]c3ccc(Cc4cc(F)cc(F)c4)cc23)c([N+](=O)[O-])c1. The average Bonchev–Trinajstić information content (AvgIpc) is 3.27. The molecule has 4 rings (SSSR count). The monoisotopic (exact) mass is 536 g/mol. The van der Waals surface area contributed by atoms with Crippen molar-refractivity contribution in [3.8, 4) is 0 Å². The number of nitrogens with zero attached hydrogens (tertiary/aromatic N) is 4. The molecule has 10 nitrogen and oxygen atoms in total. The van der Waals surface area contributed by atoms with Crippen LogP contribution in [0.2, 0.25) is 0 Å². The van der Waals surface area contributed by atoms with Crippen LogP contribution in [-0.4, -0.2) is 71.0 Å². The van der Waals surface area contributed by atoms with Crippen LogP contribution < -0.4 is 5.32 Å². The Morgan fingerprint density at radius 3 is 2.36 bits per heavy atom. The van der Waals surface area contributed by atoms with Gasteiger partial charge in [0.25, 0.3) is 17.5 Å². The number of carbonyl (C=O) groups is 2. The highest BCUT2D eigenvalue weighted by Crippen LogP contribution is 2.26. The lowest BCUT2D eigenvalue weighted by Crippen LogP contribution is -2.33. The van der Waals surface area contributed by atoms with Gasteiger partial charge in [-0.05, 0) is 68.0 Å². The Bertz CT molecular complexity index is 1550. The first-order valence-electron chi connectivity index (χ1n) is 11.9. The van der Waals surface area contributed by atoms with Gasteiger partial charge in [-0.15, -0.1) is 0 Å². The molecule has 0 fully saturated rings. The number of carbonyl (C=O) groups excluding carboxylic acids is 2. The number of nitro groups is 1. The van der Waals surface area contributed by atoms with Gasteiger partial charge in [0.05, 0.1) is 10.4 Å². The lowest BCUT2D eigenvalue weighted by atomic mass is 10.0. The molecule has 2 amide bonds. The van der Waals surface area contributed by atoms with Gasteiger partial charge in [0.1, 0.15) is 17.2 Å². The maximum absolute atomic E-state index is 13.6. The molecule has 0 saturated heterocycles. The molecule has 39 heavy (non-hydrogen) atoms. The fourth-order valence-corrected chi connectivity index (χ4v) is 4.07. The van der Waals surface area contributed by atoms with E-state index in [9.17, 15) is 28.5 Å². The zero-order valence-electron chi connectivity index (χ0n) is 21.5. The second-order valence-corrected chi connectivity index (χ2v) is 9.38. The molecule has 0 aliphatic carbocycles. The number of nitrogens with one attached hydrogen (secondary N) is 2. The third-order valence-corrected chi connectivity index (χ3v) is 6.11. The number of halogens is 2. The lowest BCUT2D eigenvalue weighted by Gasteiger charge is -2.19. The quantitative estimate of drug-likeness (QED) is 0.244. The fraction of sp³-hybridized carbons (Fsp3) is 0.222. The highest BCUT2D eigenvalue weighted by atomic mass is 19.1. The van der Waals surface area contributed by atoms with E-state index in [1.165, 1.54) is 29.2 Å². The minimum Gasteiger partial charge on any atom is -0.340 e. The number of benzene rings is 3. The summed E-state index contributed by atoms with van der Waals surface area (Å²) < 4.78 is 27.2. The molecule has 0 atom stereocenters. The predicted molar refractivity (Wildman–Crippen MR) is 142 cm³/mol. The second-order valence-electron chi connectivity index (χ2n) is 9.38. The van der Waals surface area contributed by atoms with E-state index in [1.807, 2.05) is 19.0 Å². The predicted octanol–water partition coefficient (Wildman–Crippen LogP) is 4.23. The first-order chi connectivity index (χ1) is 18.5. The number of hydrogen-bond acceptors (Lipinski definition) is 6. The Labute approximate surface area is 222 Å². The first kappa shape index (κ1) is 27.3. The third-order valence-electron chi connectivity index (χ3n) is 6.11. The highest BCUT2D eigenvalue weighted by molar-refractivity contribution is 6.10. The Hall–Kier alpha value is -4.71. The Morgan fingerprint density at radius 1 is 0.974 bits per heavy atom. The van der Waals surface area contributed by atoms with Crippen molar-refractivity contribution in [2.24, 2.45) is 0 Å². The number of amides is 2. The number of aromatic amines is 1. The number of fused-ring (bicyclic) bond motifs is 1. The first-order valence-corrected chi connectivity index (χ1v) is 11.9. The zero-order valence-corrected chi connectivity index (χ0v) is 21.5. The fourth-order valence-electron chi connectivity index (χ4n) is 4.07. The summed E-state index contributed by atoms with van der Waals surface area (Å²) in [4.78, 5) is 40.2. The van der Waals surface area contributed by atoms with Crippen LogP contribution in [0.3, 0.4) is 0 Å². The van der Waals surface area contributed by atoms with E-state index in [0.29, 0.717) is 35.1 Å².